The monoisotopic (exact) mass is 156 g/mol. The number of nitrogens with one attached hydrogen (secondary N) is 1. The molecule has 1 saturated heterocycles. The lowest BCUT2D eigenvalue weighted by Crippen LogP contribution is -2.43. The molecule has 64 valence electrons. The van der Waals surface area contributed by atoms with Gasteiger partial charge in [-0.2, -0.15) is 0 Å². The number of piperidine rings is 1. The first-order chi connectivity index (χ1) is 5.34. The second-order valence-corrected chi connectivity index (χ2v) is 2.77. The molecule has 0 aliphatic carbocycles. The van der Waals surface area contributed by atoms with E-state index in [2.05, 4.69) is 5.32 Å². The Labute approximate surface area is 67.2 Å². The summed E-state index contributed by atoms with van der Waals surface area (Å²) in [5, 5.41) is 4.97. The second kappa shape index (κ2) is 4.20. The third-order valence-corrected chi connectivity index (χ3v) is 1.99. The summed E-state index contributed by atoms with van der Waals surface area (Å²) in [5.41, 5.74) is 5.22. The molecular weight excluding hydrogens is 140 g/mol. The minimum atomic E-state index is 0.455. The molecule has 0 saturated carbocycles. The largest absolute Gasteiger partial charge is 0.403 e. The van der Waals surface area contributed by atoms with E-state index in [4.69, 9.17) is 11.6 Å². The molecule has 4 nitrogen and oxygen atoms in total. The Morgan fingerprint density at radius 3 is 2.55 bits per heavy atom. The van der Waals surface area contributed by atoms with Crippen LogP contribution in [0, 0.1) is 0 Å². The summed E-state index contributed by atoms with van der Waals surface area (Å²) in [6.45, 7) is 2.10. The topological polar surface area (TPSA) is 67.3 Å². The molecule has 1 aliphatic rings. The first kappa shape index (κ1) is 8.36. The van der Waals surface area contributed by atoms with E-state index < -0.39 is 0 Å². The van der Waals surface area contributed by atoms with E-state index in [0.29, 0.717) is 6.04 Å². The zero-order valence-corrected chi connectivity index (χ0v) is 6.66. The summed E-state index contributed by atoms with van der Waals surface area (Å²) in [7, 11) is 0. The summed E-state index contributed by atoms with van der Waals surface area (Å²) in [6.07, 6.45) is 5.39. The van der Waals surface area contributed by atoms with Crippen molar-refractivity contribution in [3.8, 4) is 0 Å². The highest BCUT2D eigenvalue weighted by Gasteiger charge is 2.15. The van der Waals surface area contributed by atoms with Crippen LogP contribution in [0.25, 0.3) is 0 Å². The number of nitrogens with zero attached hydrogens (tertiary/aromatic N) is 1. The molecule has 0 aromatic carbocycles. The van der Waals surface area contributed by atoms with Gasteiger partial charge in [-0.25, -0.2) is 5.84 Å². The summed E-state index contributed by atoms with van der Waals surface area (Å²) in [6, 6.07) is 0.455. The van der Waals surface area contributed by atoms with Gasteiger partial charge in [-0.1, -0.05) is 0 Å². The SMILES string of the molecule is N/C=C\N(N)C1CCNCC1. The van der Waals surface area contributed by atoms with Crippen LogP contribution in [0.5, 0.6) is 0 Å². The smallest absolute Gasteiger partial charge is 0.0470 e. The Kier molecular flexibility index (Phi) is 3.19. The Morgan fingerprint density at radius 2 is 2.00 bits per heavy atom. The van der Waals surface area contributed by atoms with Gasteiger partial charge in [0.05, 0.1) is 0 Å². The summed E-state index contributed by atoms with van der Waals surface area (Å²) in [5.74, 6) is 5.70. The first-order valence-corrected chi connectivity index (χ1v) is 3.96. The summed E-state index contributed by atoms with van der Waals surface area (Å²) < 4.78 is 0. The molecule has 5 N–H and O–H groups in total. The normalized spacial score (nSPS) is 20.8. The highest BCUT2D eigenvalue weighted by Crippen LogP contribution is 2.07. The standard InChI is InChI=1S/C7H16N4/c8-3-6-11(9)7-1-4-10-5-2-7/h3,6-7,10H,1-2,4-5,8-9H2/b6-3-. The number of nitrogens with two attached hydrogens (primary N) is 2. The van der Waals surface area contributed by atoms with Crippen LogP contribution in [0.2, 0.25) is 0 Å². The van der Waals surface area contributed by atoms with Crippen molar-refractivity contribution in [3.63, 3.8) is 0 Å². The molecule has 0 aromatic heterocycles. The lowest BCUT2D eigenvalue weighted by atomic mass is 10.1. The zero-order valence-electron chi connectivity index (χ0n) is 6.66. The molecule has 0 amide bonds. The van der Waals surface area contributed by atoms with Crippen LogP contribution in [-0.2, 0) is 0 Å². The zero-order chi connectivity index (χ0) is 8.10. The van der Waals surface area contributed by atoms with Crippen LogP contribution in [0.4, 0.5) is 0 Å². The van der Waals surface area contributed by atoms with Crippen molar-refractivity contribution in [3.05, 3.63) is 12.4 Å². The molecule has 0 spiro atoms. The summed E-state index contributed by atoms with van der Waals surface area (Å²) in [4.78, 5) is 0. The first-order valence-electron chi connectivity index (χ1n) is 3.96. The number of hydrogen-bond acceptors (Lipinski definition) is 4. The van der Waals surface area contributed by atoms with Crippen molar-refractivity contribution < 1.29 is 0 Å². The molecule has 0 aromatic rings. The van der Waals surface area contributed by atoms with Crippen molar-refractivity contribution in [2.24, 2.45) is 11.6 Å². The van der Waals surface area contributed by atoms with Crippen LogP contribution in [0.15, 0.2) is 12.4 Å². The van der Waals surface area contributed by atoms with E-state index in [9.17, 15) is 0 Å². The summed E-state index contributed by atoms with van der Waals surface area (Å²) >= 11 is 0. The average molecular weight is 156 g/mol. The van der Waals surface area contributed by atoms with Crippen molar-refractivity contribution in [1.82, 2.24) is 10.3 Å². The minimum absolute atomic E-state index is 0.455. The quantitative estimate of drug-likeness (QED) is 0.367. The van der Waals surface area contributed by atoms with Gasteiger partial charge in [-0.15, -0.1) is 0 Å². The fourth-order valence-electron chi connectivity index (χ4n) is 1.33. The maximum Gasteiger partial charge on any atom is 0.0470 e. The third kappa shape index (κ3) is 2.40. The van der Waals surface area contributed by atoms with Crippen LogP contribution < -0.4 is 16.9 Å². The van der Waals surface area contributed by atoms with Crippen molar-refractivity contribution in [2.45, 2.75) is 18.9 Å². The van der Waals surface area contributed by atoms with Crippen LogP contribution in [0.3, 0.4) is 0 Å². The van der Waals surface area contributed by atoms with Gasteiger partial charge in [-0.05, 0) is 25.9 Å². The predicted octanol–water partition coefficient (Wildman–Crippen LogP) is -0.656. The maximum absolute atomic E-state index is 5.70. The Morgan fingerprint density at radius 1 is 1.36 bits per heavy atom. The van der Waals surface area contributed by atoms with E-state index in [0.717, 1.165) is 25.9 Å². The van der Waals surface area contributed by atoms with E-state index >= 15 is 0 Å². The highest BCUT2D eigenvalue weighted by molar-refractivity contribution is 4.82. The second-order valence-electron chi connectivity index (χ2n) is 2.77. The van der Waals surface area contributed by atoms with Gasteiger partial charge in [-0.3, -0.25) is 0 Å². The number of hydrogen-bond donors (Lipinski definition) is 3. The third-order valence-electron chi connectivity index (χ3n) is 1.99. The minimum Gasteiger partial charge on any atom is -0.403 e. The lowest BCUT2D eigenvalue weighted by molar-refractivity contribution is 0.230. The number of rotatable bonds is 2. The lowest BCUT2D eigenvalue weighted by Gasteiger charge is -2.29. The molecule has 1 rings (SSSR count). The van der Waals surface area contributed by atoms with Gasteiger partial charge in [0, 0.05) is 18.4 Å². The molecule has 1 aliphatic heterocycles. The molecule has 0 unspecified atom stereocenters. The molecule has 0 radical (unpaired) electrons. The average Bonchev–Trinajstić information content (AvgIpc) is 2.07. The van der Waals surface area contributed by atoms with Crippen molar-refractivity contribution in [2.75, 3.05) is 13.1 Å². The predicted molar refractivity (Wildman–Crippen MR) is 45.2 cm³/mol. The van der Waals surface area contributed by atoms with Crippen molar-refractivity contribution in [1.29, 1.82) is 0 Å². The Hall–Kier alpha value is -0.740. The molecule has 11 heavy (non-hydrogen) atoms. The van der Waals surface area contributed by atoms with Crippen molar-refractivity contribution >= 4 is 0 Å². The van der Waals surface area contributed by atoms with Crippen LogP contribution in [0.1, 0.15) is 12.8 Å². The van der Waals surface area contributed by atoms with E-state index in [1.807, 2.05) is 0 Å². The molecule has 0 bridgehead atoms. The fraction of sp³-hybridized carbons (Fsp3) is 0.714. The molecule has 4 heteroatoms. The van der Waals surface area contributed by atoms with Gasteiger partial charge >= 0.3 is 0 Å². The van der Waals surface area contributed by atoms with E-state index in [-0.39, 0.29) is 0 Å². The van der Waals surface area contributed by atoms with E-state index in [1.165, 1.54) is 6.20 Å². The maximum atomic E-state index is 5.70. The fourth-order valence-corrected chi connectivity index (χ4v) is 1.33. The molecular formula is C7H16N4. The molecule has 1 heterocycles. The molecule has 1 fully saturated rings. The Balaban J connectivity index is 2.32. The van der Waals surface area contributed by atoms with Gasteiger partial charge in [0.25, 0.3) is 0 Å². The van der Waals surface area contributed by atoms with Gasteiger partial charge in [0.15, 0.2) is 0 Å². The number of hydrazine groups is 1. The van der Waals surface area contributed by atoms with Crippen LogP contribution in [-0.4, -0.2) is 24.1 Å². The van der Waals surface area contributed by atoms with Gasteiger partial charge in [0.2, 0.25) is 0 Å². The Bertz CT molecular complexity index is 128. The van der Waals surface area contributed by atoms with Gasteiger partial charge in [0.1, 0.15) is 0 Å². The molecule has 0 atom stereocenters. The van der Waals surface area contributed by atoms with Gasteiger partial charge < -0.3 is 16.1 Å². The van der Waals surface area contributed by atoms with E-state index in [1.54, 1.807) is 11.2 Å². The van der Waals surface area contributed by atoms with Crippen LogP contribution >= 0.6 is 0 Å². The highest BCUT2D eigenvalue weighted by atomic mass is 15.4.